The monoisotopic (exact) mass is 275 g/mol. The third kappa shape index (κ3) is 3.76. The first-order valence-corrected chi connectivity index (χ1v) is 6.84. The van der Waals surface area contributed by atoms with Crippen molar-refractivity contribution in [3.8, 4) is 0 Å². The first kappa shape index (κ1) is 14.6. The summed E-state index contributed by atoms with van der Waals surface area (Å²) in [6, 6.07) is 2.37. The third-order valence-electron chi connectivity index (χ3n) is 2.05. The molecule has 0 aromatic heterocycles. The van der Waals surface area contributed by atoms with E-state index >= 15 is 0 Å². The maximum Gasteiger partial charge on any atom is 0.273 e. The number of non-ortho nitro benzene ring substituents is 1. The molecule has 0 amide bonds. The van der Waals surface area contributed by atoms with Crippen molar-refractivity contribution < 1.29 is 17.7 Å². The van der Waals surface area contributed by atoms with Gasteiger partial charge in [0.25, 0.3) is 5.69 Å². The third-order valence-corrected chi connectivity index (χ3v) is 4.25. The van der Waals surface area contributed by atoms with Crippen LogP contribution < -0.4 is 0 Å². The molecule has 0 aliphatic heterocycles. The van der Waals surface area contributed by atoms with Gasteiger partial charge in [-0.1, -0.05) is 20.8 Å². The maximum atomic E-state index is 13.2. The number of benzene rings is 1. The number of nitro groups is 1. The molecule has 1 aromatic rings. The summed E-state index contributed by atoms with van der Waals surface area (Å²) in [6.45, 7) is 5.16. The van der Waals surface area contributed by atoms with Crippen molar-refractivity contribution in [1.29, 1.82) is 0 Å². The number of nitrogens with zero attached hydrogens (tertiary/aromatic N) is 1. The van der Waals surface area contributed by atoms with Crippen molar-refractivity contribution in [2.75, 3.05) is 5.75 Å². The summed E-state index contributed by atoms with van der Waals surface area (Å²) in [5.41, 5.74) is -1.08. The predicted octanol–water partition coefficient (Wildman–Crippen LogP) is 2.55. The SMILES string of the molecule is CC(C)(C)CS(=O)(=O)c1cc(F)cc([N+](=O)[O-])c1. The Balaban J connectivity index is 3.29. The van der Waals surface area contributed by atoms with Gasteiger partial charge < -0.3 is 0 Å². The average Bonchev–Trinajstić information content (AvgIpc) is 2.12. The molecule has 100 valence electrons. The van der Waals surface area contributed by atoms with Crippen molar-refractivity contribution in [3.05, 3.63) is 34.1 Å². The largest absolute Gasteiger partial charge is 0.273 e. The molecule has 0 fully saturated rings. The molecule has 5 nitrogen and oxygen atoms in total. The van der Waals surface area contributed by atoms with Gasteiger partial charge in [0, 0.05) is 6.07 Å². The van der Waals surface area contributed by atoms with Gasteiger partial charge >= 0.3 is 0 Å². The highest BCUT2D eigenvalue weighted by molar-refractivity contribution is 7.91. The molecule has 0 radical (unpaired) electrons. The van der Waals surface area contributed by atoms with Crippen LogP contribution in [-0.2, 0) is 9.84 Å². The van der Waals surface area contributed by atoms with Gasteiger partial charge in [0.1, 0.15) is 5.82 Å². The van der Waals surface area contributed by atoms with E-state index in [0.717, 1.165) is 12.1 Å². The van der Waals surface area contributed by atoms with Crippen molar-refractivity contribution >= 4 is 15.5 Å². The van der Waals surface area contributed by atoms with Gasteiger partial charge in [-0.3, -0.25) is 10.1 Å². The standard InChI is InChI=1S/C11H14FNO4S/c1-11(2,3)7-18(16,17)10-5-8(12)4-9(6-10)13(14)15/h4-6H,7H2,1-3H3. The summed E-state index contributed by atoms with van der Waals surface area (Å²) >= 11 is 0. The van der Waals surface area contributed by atoms with E-state index in [1.54, 1.807) is 20.8 Å². The van der Waals surface area contributed by atoms with E-state index in [1.807, 2.05) is 0 Å². The van der Waals surface area contributed by atoms with Crippen molar-refractivity contribution in [3.63, 3.8) is 0 Å². The molecule has 0 atom stereocenters. The van der Waals surface area contributed by atoms with Crippen LogP contribution in [0.5, 0.6) is 0 Å². The molecule has 0 saturated heterocycles. The second kappa shape index (κ2) is 4.64. The summed E-state index contributed by atoms with van der Waals surface area (Å²) < 4.78 is 37.2. The summed E-state index contributed by atoms with van der Waals surface area (Å²) in [6.07, 6.45) is 0. The lowest BCUT2D eigenvalue weighted by molar-refractivity contribution is -0.385. The number of nitro benzene ring substituents is 1. The van der Waals surface area contributed by atoms with Crippen LogP contribution in [0.1, 0.15) is 20.8 Å². The van der Waals surface area contributed by atoms with Gasteiger partial charge in [-0.05, 0) is 11.5 Å². The number of sulfone groups is 1. The highest BCUT2D eigenvalue weighted by Crippen LogP contribution is 2.25. The number of halogens is 1. The van der Waals surface area contributed by atoms with Gasteiger partial charge in [-0.2, -0.15) is 0 Å². The topological polar surface area (TPSA) is 77.3 Å². The van der Waals surface area contributed by atoms with Crippen molar-refractivity contribution in [2.45, 2.75) is 25.7 Å². The average molecular weight is 275 g/mol. The Morgan fingerprint density at radius 1 is 1.28 bits per heavy atom. The highest BCUT2D eigenvalue weighted by Gasteiger charge is 2.25. The van der Waals surface area contributed by atoms with Crippen LogP contribution in [-0.4, -0.2) is 19.1 Å². The van der Waals surface area contributed by atoms with Crippen LogP contribution in [0.2, 0.25) is 0 Å². The fourth-order valence-corrected chi connectivity index (χ4v) is 3.39. The van der Waals surface area contributed by atoms with E-state index in [0.29, 0.717) is 6.07 Å². The van der Waals surface area contributed by atoms with Gasteiger partial charge in [-0.25, -0.2) is 12.8 Å². The smallest absolute Gasteiger partial charge is 0.258 e. The lowest BCUT2D eigenvalue weighted by Crippen LogP contribution is -2.21. The molecule has 18 heavy (non-hydrogen) atoms. The molecular formula is C11H14FNO4S. The number of hydrogen-bond acceptors (Lipinski definition) is 4. The Labute approximate surface area is 105 Å². The fourth-order valence-electron chi connectivity index (χ4n) is 1.49. The van der Waals surface area contributed by atoms with Gasteiger partial charge in [0.15, 0.2) is 9.84 Å². The second-order valence-electron chi connectivity index (χ2n) is 5.22. The van der Waals surface area contributed by atoms with Crippen LogP contribution >= 0.6 is 0 Å². The highest BCUT2D eigenvalue weighted by atomic mass is 32.2. The molecule has 0 saturated carbocycles. The first-order valence-electron chi connectivity index (χ1n) is 5.19. The molecule has 0 N–H and O–H groups in total. The molecule has 0 bridgehead atoms. The molecule has 0 spiro atoms. The molecular weight excluding hydrogens is 261 g/mol. The zero-order valence-corrected chi connectivity index (χ0v) is 11.1. The summed E-state index contributed by atoms with van der Waals surface area (Å²) in [5, 5.41) is 10.6. The van der Waals surface area contributed by atoms with E-state index in [2.05, 4.69) is 0 Å². The van der Waals surface area contributed by atoms with E-state index in [4.69, 9.17) is 0 Å². The Hall–Kier alpha value is -1.50. The lowest BCUT2D eigenvalue weighted by atomic mass is 10.0. The van der Waals surface area contributed by atoms with Crippen LogP contribution in [0.4, 0.5) is 10.1 Å². The predicted molar refractivity (Wildman–Crippen MR) is 64.6 cm³/mol. The Morgan fingerprint density at radius 3 is 2.28 bits per heavy atom. The van der Waals surface area contributed by atoms with Crippen molar-refractivity contribution in [2.24, 2.45) is 5.41 Å². The molecule has 0 aliphatic carbocycles. The minimum atomic E-state index is -3.74. The van der Waals surface area contributed by atoms with E-state index in [-0.39, 0.29) is 10.6 Å². The van der Waals surface area contributed by atoms with Crippen molar-refractivity contribution in [1.82, 2.24) is 0 Å². The Bertz CT molecular complexity index is 575. The number of hydrogen-bond donors (Lipinski definition) is 0. The zero-order chi connectivity index (χ0) is 14.1. The minimum Gasteiger partial charge on any atom is -0.258 e. The molecule has 0 heterocycles. The lowest BCUT2D eigenvalue weighted by Gasteiger charge is -2.17. The number of rotatable bonds is 3. The maximum absolute atomic E-state index is 13.2. The Kier molecular flexibility index (Phi) is 3.75. The molecule has 7 heteroatoms. The fraction of sp³-hybridized carbons (Fsp3) is 0.455. The summed E-state index contributed by atoms with van der Waals surface area (Å²) in [7, 11) is -3.74. The van der Waals surface area contributed by atoms with E-state index in [9.17, 15) is 22.9 Å². The molecule has 1 rings (SSSR count). The van der Waals surface area contributed by atoms with Gasteiger partial charge in [0.2, 0.25) is 0 Å². The first-order chi connectivity index (χ1) is 8.01. The van der Waals surface area contributed by atoms with E-state index < -0.39 is 31.7 Å². The van der Waals surface area contributed by atoms with Gasteiger partial charge in [-0.15, -0.1) is 0 Å². The summed E-state index contributed by atoms with van der Waals surface area (Å²) in [4.78, 5) is 9.38. The molecule has 0 unspecified atom stereocenters. The molecule has 0 aliphatic rings. The minimum absolute atomic E-state index is 0.208. The quantitative estimate of drug-likeness (QED) is 0.627. The van der Waals surface area contributed by atoms with Crippen LogP contribution in [0, 0.1) is 21.3 Å². The second-order valence-corrected chi connectivity index (χ2v) is 7.21. The van der Waals surface area contributed by atoms with Crippen LogP contribution in [0.15, 0.2) is 23.1 Å². The Morgan fingerprint density at radius 2 is 1.83 bits per heavy atom. The summed E-state index contributed by atoms with van der Waals surface area (Å²) in [5.74, 6) is -1.14. The van der Waals surface area contributed by atoms with E-state index in [1.165, 1.54) is 0 Å². The van der Waals surface area contributed by atoms with Crippen LogP contribution in [0.3, 0.4) is 0 Å². The molecule has 1 aromatic carbocycles. The van der Waals surface area contributed by atoms with Gasteiger partial charge in [0.05, 0.1) is 21.6 Å². The normalized spacial score (nSPS) is 12.4. The zero-order valence-electron chi connectivity index (χ0n) is 10.3. The van der Waals surface area contributed by atoms with Crippen LogP contribution in [0.25, 0.3) is 0 Å².